The minimum absolute atomic E-state index is 0.0810. The van der Waals surface area contributed by atoms with E-state index in [1.54, 1.807) is 0 Å². The fourth-order valence-corrected chi connectivity index (χ4v) is 2.37. The summed E-state index contributed by atoms with van der Waals surface area (Å²) in [4.78, 5) is 16.5. The topological polar surface area (TPSA) is 35.6 Å². The molecule has 0 bridgehead atoms. The molecule has 0 saturated heterocycles. The van der Waals surface area contributed by atoms with E-state index < -0.39 is 0 Å². The summed E-state index contributed by atoms with van der Waals surface area (Å²) >= 11 is 0. The molecule has 0 atom stereocenters. The minimum atomic E-state index is 0.0810. The lowest BCUT2D eigenvalue weighted by atomic mass is 10.2. The highest BCUT2D eigenvalue weighted by Crippen LogP contribution is 2.17. The Kier molecular flexibility index (Phi) is 7.83. The van der Waals surface area contributed by atoms with Crippen LogP contribution < -0.4 is 10.2 Å². The molecule has 0 saturated carbocycles. The predicted molar refractivity (Wildman–Crippen MR) is 91.0 cm³/mol. The van der Waals surface area contributed by atoms with Gasteiger partial charge in [-0.1, -0.05) is 13.8 Å². The average Bonchev–Trinajstić information content (AvgIpc) is 2.51. The highest BCUT2D eigenvalue weighted by Gasteiger charge is 2.06. The number of nitrogens with zero attached hydrogens (tertiary/aromatic N) is 2. The largest absolute Gasteiger partial charge is 0.372 e. The summed E-state index contributed by atoms with van der Waals surface area (Å²) in [5.41, 5.74) is 2.07. The molecule has 0 heterocycles. The number of hydrogen-bond acceptors (Lipinski definition) is 3. The van der Waals surface area contributed by atoms with E-state index in [9.17, 15) is 4.79 Å². The Hall–Kier alpha value is -1.55. The molecule has 1 aromatic rings. The van der Waals surface area contributed by atoms with Crippen LogP contribution in [0.25, 0.3) is 0 Å². The molecule has 0 fully saturated rings. The predicted octanol–water partition coefficient (Wildman–Crippen LogP) is 3.20. The number of hydrogen-bond donors (Lipinski definition) is 1. The lowest BCUT2D eigenvalue weighted by Gasteiger charge is -2.21. The summed E-state index contributed by atoms with van der Waals surface area (Å²) < 4.78 is 0. The second kappa shape index (κ2) is 9.40. The van der Waals surface area contributed by atoms with Gasteiger partial charge in [0.2, 0.25) is 5.91 Å². The van der Waals surface area contributed by atoms with Gasteiger partial charge in [0.25, 0.3) is 0 Å². The lowest BCUT2D eigenvalue weighted by Crippen LogP contribution is -2.27. The van der Waals surface area contributed by atoms with Gasteiger partial charge in [-0.3, -0.25) is 4.79 Å². The van der Waals surface area contributed by atoms with Gasteiger partial charge in [-0.05, 0) is 51.2 Å². The molecular weight excluding hydrogens is 262 g/mol. The van der Waals surface area contributed by atoms with Crippen molar-refractivity contribution in [2.24, 2.45) is 0 Å². The molecule has 0 aliphatic heterocycles. The maximum Gasteiger partial charge on any atom is 0.225 e. The van der Waals surface area contributed by atoms with Crippen molar-refractivity contribution in [1.29, 1.82) is 0 Å². The number of anilines is 2. The summed E-state index contributed by atoms with van der Waals surface area (Å²) in [5, 5.41) is 2.96. The highest BCUT2D eigenvalue weighted by atomic mass is 16.1. The van der Waals surface area contributed by atoms with Crippen LogP contribution in [-0.4, -0.2) is 43.5 Å². The molecule has 0 aliphatic carbocycles. The lowest BCUT2D eigenvalue weighted by molar-refractivity contribution is -0.116. The first kappa shape index (κ1) is 17.5. The molecule has 4 nitrogen and oxygen atoms in total. The van der Waals surface area contributed by atoms with Crippen LogP contribution in [0.4, 0.5) is 11.4 Å². The van der Waals surface area contributed by atoms with Crippen LogP contribution in [-0.2, 0) is 4.79 Å². The SMILES string of the molecule is CCN(CC)CCC(=O)Nc1ccc(N(CC)CC)cc1. The Labute approximate surface area is 129 Å². The first-order valence-corrected chi connectivity index (χ1v) is 8.01. The van der Waals surface area contributed by atoms with Gasteiger partial charge in [-0.15, -0.1) is 0 Å². The van der Waals surface area contributed by atoms with Gasteiger partial charge in [0.05, 0.1) is 0 Å². The Morgan fingerprint density at radius 2 is 1.52 bits per heavy atom. The molecule has 0 unspecified atom stereocenters. The van der Waals surface area contributed by atoms with Gasteiger partial charge >= 0.3 is 0 Å². The van der Waals surface area contributed by atoms with Gasteiger partial charge in [0, 0.05) is 37.4 Å². The standard InChI is InChI=1S/C17H29N3O/c1-5-19(6-2)14-13-17(21)18-15-9-11-16(12-10-15)20(7-3)8-4/h9-12H,5-8,13-14H2,1-4H3,(H,18,21). The fourth-order valence-electron chi connectivity index (χ4n) is 2.37. The number of carbonyl (C=O) groups excluding carboxylic acids is 1. The molecule has 1 N–H and O–H groups in total. The Bertz CT molecular complexity index is 409. The zero-order valence-corrected chi connectivity index (χ0v) is 13.9. The summed E-state index contributed by atoms with van der Waals surface area (Å²) in [6, 6.07) is 8.08. The van der Waals surface area contributed by atoms with Crippen molar-refractivity contribution < 1.29 is 4.79 Å². The number of carbonyl (C=O) groups is 1. The van der Waals surface area contributed by atoms with Crippen LogP contribution >= 0.6 is 0 Å². The monoisotopic (exact) mass is 291 g/mol. The Morgan fingerprint density at radius 1 is 0.952 bits per heavy atom. The first-order valence-electron chi connectivity index (χ1n) is 8.01. The maximum atomic E-state index is 11.9. The van der Waals surface area contributed by atoms with Crippen molar-refractivity contribution >= 4 is 17.3 Å². The van der Waals surface area contributed by atoms with E-state index in [2.05, 4.69) is 54.9 Å². The third kappa shape index (κ3) is 5.76. The van der Waals surface area contributed by atoms with Gasteiger partial charge in [0.1, 0.15) is 0 Å². The molecule has 4 heteroatoms. The van der Waals surface area contributed by atoms with Crippen molar-refractivity contribution in [3.63, 3.8) is 0 Å². The molecule has 0 aromatic heterocycles. The quantitative estimate of drug-likeness (QED) is 0.759. The molecule has 1 aromatic carbocycles. The third-order valence-corrected chi connectivity index (χ3v) is 3.83. The third-order valence-electron chi connectivity index (χ3n) is 3.83. The van der Waals surface area contributed by atoms with Gasteiger partial charge in [0.15, 0.2) is 0 Å². The van der Waals surface area contributed by atoms with E-state index in [1.807, 2.05) is 12.1 Å². The van der Waals surface area contributed by atoms with E-state index in [4.69, 9.17) is 0 Å². The number of nitrogens with one attached hydrogen (secondary N) is 1. The van der Waals surface area contributed by atoms with Crippen LogP contribution in [0.15, 0.2) is 24.3 Å². The molecule has 1 rings (SSSR count). The highest BCUT2D eigenvalue weighted by molar-refractivity contribution is 5.91. The van der Waals surface area contributed by atoms with E-state index in [0.717, 1.165) is 38.4 Å². The number of amides is 1. The van der Waals surface area contributed by atoms with E-state index >= 15 is 0 Å². The summed E-state index contributed by atoms with van der Waals surface area (Å²) in [6.45, 7) is 13.3. The van der Waals surface area contributed by atoms with Crippen LogP contribution in [0, 0.1) is 0 Å². The molecule has 0 spiro atoms. The van der Waals surface area contributed by atoms with Gasteiger partial charge in [-0.25, -0.2) is 0 Å². The van der Waals surface area contributed by atoms with Crippen molar-refractivity contribution in [2.75, 3.05) is 42.9 Å². The van der Waals surface area contributed by atoms with E-state index in [-0.39, 0.29) is 5.91 Å². The Morgan fingerprint density at radius 3 is 2.00 bits per heavy atom. The molecule has 1 amide bonds. The van der Waals surface area contributed by atoms with Gasteiger partial charge in [-0.2, -0.15) is 0 Å². The fraction of sp³-hybridized carbons (Fsp3) is 0.588. The van der Waals surface area contributed by atoms with Crippen LogP contribution in [0.2, 0.25) is 0 Å². The van der Waals surface area contributed by atoms with E-state index in [1.165, 1.54) is 5.69 Å². The second-order valence-electron chi connectivity index (χ2n) is 5.04. The van der Waals surface area contributed by atoms with Crippen molar-refractivity contribution in [3.8, 4) is 0 Å². The number of benzene rings is 1. The zero-order valence-electron chi connectivity index (χ0n) is 13.9. The van der Waals surface area contributed by atoms with Crippen molar-refractivity contribution in [2.45, 2.75) is 34.1 Å². The van der Waals surface area contributed by atoms with Gasteiger partial charge < -0.3 is 15.1 Å². The smallest absolute Gasteiger partial charge is 0.225 e. The minimum Gasteiger partial charge on any atom is -0.372 e. The van der Waals surface area contributed by atoms with Crippen molar-refractivity contribution in [1.82, 2.24) is 4.90 Å². The average molecular weight is 291 g/mol. The maximum absolute atomic E-state index is 11.9. The molecule has 0 radical (unpaired) electrons. The van der Waals surface area contributed by atoms with Crippen molar-refractivity contribution in [3.05, 3.63) is 24.3 Å². The normalized spacial score (nSPS) is 10.7. The molecular formula is C17H29N3O. The van der Waals surface area contributed by atoms with Crippen LogP contribution in [0.3, 0.4) is 0 Å². The second-order valence-corrected chi connectivity index (χ2v) is 5.04. The Balaban J connectivity index is 2.49. The van der Waals surface area contributed by atoms with E-state index in [0.29, 0.717) is 6.42 Å². The summed E-state index contributed by atoms with van der Waals surface area (Å²) in [7, 11) is 0. The zero-order chi connectivity index (χ0) is 15.7. The molecule has 0 aliphatic rings. The molecule has 21 heavy (non-hydrogen) atoms. The number of rotatable bonds is 9. The first-order chi connectivity index (χ1) is 10.1. The van der Waals surface area contributed by atoms with Crippen LogP contribution in [0.5, 0.6) is 0 Å². The molecule has 118 valence electrons. The summed E-state index contributed by atoms with van der Waals surface area (Å²) in [6.07, 6.45) is 0.541. The van der Waals surface area contributed by atoms with Crippen LogP contribution in [0.1, 0.15) is 34.1 Å². The summed E-state index contributed by atoms with van der Waals surface area (Å²) in [5.74, 6) is 0.0810.